The van der Waals surface area contributed by atoms with Gasteiger partial charge in [0.2, 0.25) is 0 Å². The molecule has 64 valence electrons. The van der Waals surface area contributed by atoms with Crippen molar-refractivity contribution in [3.05, 3.63) is 37.8 Å². The molecule has 0 radical (unpaired) electrons. The maximum atomic E-state index is 5.75. The van der Waals surface area contributed by atoms with Crippen molar-refractivity contribution in [3.8, 4) is 0 Å². The highest BCUT2D eigenvalue weighted by Gasteiger charge is 1.90. The van der Waals surface area contributed by atoms with Crippen LogP contribution >= 0.6 is 46.0 Å². The van der Waals surface area contributed by atoms with Gasteiger partial charge in [-0.05, 0) is 52.6 Å². The molecule has 0 aliphatic rings. The Bertz CT molecular complexity index is 279. The van der Waals surface area contributed by atoms with Gasteiger partial charge >= 0.3 is 0 Å². The van der Waals surface area contributed by atoms with Crippen molar-refractivity contribution < 1.29 is 0 Å². The lowest BCUT2D eigenvalue weighted by Gasteiger charge is -1.95. The van der Waals surface area contributed by atoms with Crippen LogP contribution in [-0.2, 0) is 0 Å². The number of thioether (sulfide) groups is 1. The zero-order chi connectivity index (χ0) is 8.97. The molecule has 0 spiro atoms. The Hall–Kier alpha value is 0.330. The topological polar surface area (TPSA) is 0 Å². The van der Waals surface area contributed by atoms with Crippen molar-refractivity contribution in [2.45, 2.75) is 0 Å². The van der Waals surface area contributed by atoms with E-state index in [1.165, 1.54) is 8.48 Å². The molecule has 0 heterocycles. The minimum absolute atomic E-state index is 0.784. The van der Waals surface area contributed by atoms with Gasteiger partial charge in [-0.1, -0.05) is 23.7 Å². The van der Waals surface area contributed by atoms with Crippen molar-refractivity contribution in [2.75, 3.05) is 6.26 Å². The highest BCUT2D eigenvalue weighted by atomic mass is 127. The Balaban J connectivity index is 2.84. The average Bonchev–Trinajstić information content (AvgIpc) is 2.09. The monoisotopic (exact) mass is 310 g/mol. The molecule has 0 saturated carbocycles. The molecule has 0 aliphatic carbocycles. The van der Waals surface area contributed by atoms with E-state index in [1.807, 2.05) is 24.3 Å². The van der Waals surface area contributed by atoms with E-state index >= 15 is 0 Å². The van der Waals surface area contributed by atoms with Crippen LogP contribution in [0.1, 0.15) is 5.56 Å². The molecule has 0 aromatic heterocycles. The number of benzene rings is 1. The van der Waals surface area contributed by atoms with Crippen LogP contribution in [0, 0.1) is 0 Å². The SMILES string of the molecule is CS/C(I)=C/c1ccc(Cl)cc1. The Kier molecular flexibility index (Phi) is 4.46. The quantitative estimate of drug-likeness (QED) is 0.728. The molecule has 0 N–H and O–H groups in total. The molecular formula is C9H8ClIS. The molecule has 0 saturated heterocycles. The second-order valence-electron chi connectivity index (χ2n) is 2.20. The Morgan fingerprint density at radius 2 is 2.00 bits per heavy atom. The number of halogens is 2. The summed E-state index contributed by atoms with van der Waals surface area (Å²) in [5.74, 6) is 0. The predicted molar refractivity (Wildman–Crippen MR) is 67.0 cm³/mol. The van der Waals surface area contributed by atoms with Gasteiger partial charge in [0.1, 0.15) is 0 Å². The summed E-state index contributed by atoms with van der Waals surface area (Å²) in [4.78, 5) is 0. The molecule has 0 fully saturated rings. The smallest absolute Gasteiger partial charge is 0.0460 e. The third kappa shape index (κ3) is 3.37. The maximum Gasteiger partial charge on any atom is 0.0460 e. The standard InChI is InChI=1S/C9H8ClIS/c1-12-9(11)6-7-2-4-8(10)5-3-7/h2-6H,1H3/b9-6+. The summed E-state index contributed by atoms with van der Waals surface area (Å²) in [6.45, 7) is 0. The molecule has 0 bridgehead atoms. The summed E-state index contributed by atoms with van der Waals surface area (Å²) in [5.41, 5.74) is 1.19. The van der Waals surface area contributed by atoms with Gasteiger partial charge in [-0.25, -0.2) is 0 Å². The van der Waals surface area contributed by atoms with Crippen LogP contribution in [0.4, 0.5) is 0 Å². The first-order valence-corrected chi connectivity index (χ1v) is 6.07. The van der Waals surface area contributed by atoms with E-state index in [-0.39, 0.29) is 0 Å². The molecule has 1 rings (SSSR count). The fraction of sp³-hybridized carbons (Fsp3) is 0.111. The van der Waals surface area contributed by atoms with Gasteiger partial charge in [-0.15, -0.1) is 11.8 Å². The molecule has 0 amide bonds. The summed E-state index contributed by atoms with van der Waals surface area (Å²) in [7, 11) is 0. The lowest BCUT2D eigenvalue weighted by molar-refractivity contribution is 1.66. The van der Waals surface area contributed by atoms with Crippen LogP contribution < -0.4 is 0 Å². The maximum absolute atomic E-state index is 5.75. The minimum atomic E-state index is 0.784. The zero-order valence-corrected chi connectivity index (χ0v) is 10.3. The zero-order valence-electron chi connectivity index (χ0n) is 6.55. The fourth-order valence-corrected chi connectivity index (χ4v) is 1.49. The number of hydrogen-bond donors (Lipinski definition) is 0. The van der Waals surface area contributed by atoms with Crippen LogP contribution in [0.25, 0.3) is 6.08 Å². The molecule has 0 nitrogen and oxygen atoms in total. The Morgan fingerprint density at radius 3 is 2.50 bits per heavy atom. The van der Waals surface area contributed by atoms with E-state index in [0.29, 0.717) is 0 Å². The normalized spacial score (nSPS) is 11.8. The minimum Gasteiger partial charge on any atom is -0.123 e. The van der Waals surface area contributed by atoms with Gasteiger partial charge < -0.3 is 0 Å². The molecular weight excluding hydrogens is 303 g/mol. The highest BCUT2D eigenvalue weighted by Crippen LogP contribution is 2.23. The molecule has 0 unspecified atom stereocenters. The van der Waals surface area contributed by atoms with Crippen molar-refractivity contribution in [3.63, 3.8) is 0 Å². The third-order valence-corrected chi connectivity index (χ3v) is 3.74. The van der Waals surface area contributed by atoms with E-state index < -0.39 is 0 Å². The summed E-state index contributed by atoms with van der Waals surface area (Å²) in [6.07, 6.45) is 4.19. The molecule has 0 atom stereocenters. The average molecular weight is 311 g/mol. The van der Waals surface area contributed by atoms with Crippen LogP contribution in [0.5, 0.6) is 0 Å². The van der Waals surface area contributed by atoms with Crippen molar-refractivity contribution in [1.82, 2.24) is 0 Å². The lowest BCUT2D eigenvalue weighted by atomic mass is 10.2. The number of hydrogen-bond acceptors (Lipinski definition) is 1. The third-order valence-electron chi connectivity index (χ3n) is 1.35. The van der Waals surface area contributed by atoms with Gasteiger partial charge in [0, 0.05) is 7.93 Å². The molecule has 1 aromatic carbocycles. The first kappa shape index (κ1) is 10.4. The van der Waals surface area contributed by atoms with Crippen molar-refractivity contribution >= 4 is 52.0 Å². The Morgan fingerprint density at radius 1 is 1.42 bits per heavy atom. The predicted octanol–water partition coefficient (Wildman–Crippen LogP) is 4.44. The summed E-state index contributed by atoms with van der Waals surface area (Å²) < 4.78 is 1.27. The van der Waals surface area contributed by atoms with Gasteiger partial charge in [-0.3, -0.25) is 0 Å². The van der Waals surface area contributed by atoms with Crippen LogP contribution in [0.15, 0.2) is 27.2 Å². The highest BCUT2D eigenvalue weighted by molar-refractivity contribution is 14.1. The second-order valence-corrected chi connectivity index (χ2v) is 5.38. The van der Waals surface area contributed by atoms with E-state index in [4.69, 9.17) is 11.6 Å². The van der Waals surface area contributed by atoms with E-state index in [1.54, 1.807) is 11.8 Å². The van der Waals surface area contributed by atoms with Crippen molar-refractivity contribution in [2.24, 2.45) is 0 Å². The van der Waals surface area contributed by atoms with E-state index in [2.05, 4.69) is 34.9 Å². The summed E-state index contributed by atoms with van der Waals surface area (Å²) >= 11 is 9.80. The second kappa shape index (κ2) is 5.14. The Labute approximate surface area is 95.5 Å². The van der Waals surface area contributed by atoms with Crippen LogP contribution in [0.3, 0.4) is 0 Å². The van der Waals surface area contributed by atoms with Crippen molar-refractivity contribution in [1.29, 1.82) is 0 Å². The molecule has 3 heteroatoms. The van der Waals surface area contributed by atoms with Crippen LogP contribution in [-0.4, -0.2) is 6.26 Å². The summed E-state index contributed by atoms with van der Waals surface area (Å²) in [6, 6.07) is 7.82. The van der Waals surface area contributed by atoms with Crippen LogP contribution in [0.2, 0.25) is 5.02 Å². The molecule has 0 aliphatic heterocycles. The molecule has 12 heavy (non-hydrogen) atoms. The largest absolute Gasteiger partial charge is 0.123 e. The van der Waals surface area contributed by atoms with Gasteiger partial charge in [0.05, 0.1) is 0 Å². The summed E-state index contributed by atoms with van der Waals surface area (Å²) in [5, 5.41) is 0.784. The fourth-order valence-electron chi connectivity index (χ4n) is 0.749. The first-order valence-electron chi connectivity index (χ1n) is 3.39. The van der Waals surface area contributed by atoms with Gasteiger partial charge in [0.25, 0.3) is 0 Å². The molecule has 1 aromatic rings. The first-order chi connectivity index (χ1) is 5.72. The van der Waals surface area contributed by atoms with Gasteiger partial charge in [0.15, 0.2) is 0 Å². The van der Waals surface area contributed by atoms with E-state index in [0.717, 1.165) is 5.02 Å². The lowest BCUT2D eigenvalue weighted by Crippen LogP contribution is -1.70. The van der Waals surface area contributed by atoms with E-state index in [9.17, 15) is 0 Å². The number of rotatable bonds is 2. The van der Waals surface area contributed by atoms with Gasteiger partial charge in [-0.2, -0.15) is 0 Å².